The van der Waals surface area contributed by atoms with Gasteiger partial charge in [-0.25, -0.2) is 0 Å². The van der Waals surface area contributed by atoms with Crippen LogP contribution in [0.1, 0.15) is 0 Å². The number of rotatable bonds is 1. The van der Waals surface area contributed by atoms with E-state index in [4.69, 9.17) is 9.84 Å². The summed E-state index contributed by atoms with van der Waals surface area (Å²) in [5.41, 5.74) is -2.09. The van der Waals surface area contributed by atoms with Crippen molar-refractivity contribution in [3.05, 3.63) is 0 Å². The number of hydrogen-bond acceptors (Lipinski definition) is 6. The molecule has 1 saturated carbocycles. The maximum atomic E-state index is 9.59. The third-order valence-electron chi connectivity index (χ3n) is 2.81. The van der Waals surface area contributed by atoms with Crippen molar-refractivity contribution in [3.8, 4) is 0 Å². The molecular formula is C7H12O6. The van der Waals surface area contributed by atoms with Crippen molar-refractivity contribution in [2.24, 2.45) is 0 Å². The SMILES string of the molecule is OCC1(O)C(O)C(O)C2OC2C1O. The second-order valence-corrected chi connectivity index (χ2v) is 3.59. The Bertz CT molecular complexity index is 221. The van der Waals surface area contributed by atoms with Crippen molar-refractivity contribution in [3.63, 3.8) is 0 Å². The highest BCUT2D eigenvalue weighted by atomic mass is 16.6. The van der Waals surface area contributed by atoms with E-state index in [0.717, 1.165) is 0 Å². The maximum absolute atomic E-state index is 9.59. The highest BCUT2D eigenvalue weighted by Crippen LogP contribution is 2.41. The molecule has 2 rings (SSSR count). The number of aliphatic hydroxyl groups is 5. The molecule has 0 bridgehead atoms. The van der Waals surface area contributed by atoms with Gasteiger partial charge in [0.1, 0.15) is 36.1 Å². The van der Waals surface area contributed by atoms with Gasteiger partial charge in [-0.2, -0.15) is 0 Å². The van der Waals surface area contributed by atoms with E-state index >= 15 is 0 Å². The molecule has 13 heavy (non-hydrogen) atoms. The quantitative estimate of drug-likeness (QED) is 0.276. The molecule has 0 spiro atoms. The van der Waals surface area contributed by atoms with E-state index in [9.17, 15) is 20.4 Å². The van der Waals surface area contributed by atoms with Gasteiger partial charge >= 0.3 is 0 Å². The molecule has 0 aromatic carbocycles. The lowest BCUT2D eigenvalue weighted by Gasteiger charge is -2.39. The molecule has 1 aliphatic carbocycles. The summed E-state index contributed by atoms with van der Waals surface area (Å²) in [6, 6.07) is 0. The Hall–Kier alpha value is -0.240. The first-order valence-corrected chi connectivity index (χ1v) is 4.05. The fraction of sp³-hybridized carbons (Fsp3) is 1.00. The van der Waals surface area contributed by atoms with Gasteiger partial charge in [-0.3, -0.25) is 0 Å². The van der Waals surface area contributed by atoms with Crippen molar-refractivity contribution >= 4 is 0 Å². The van der Waals surface area contributed by atoms with Gasteiger partial charge in [-0.1, -0.05) is 0 Å². The Labute approximate surface area is 74.0 Å². The van der Waals surface area contributed by atoms with Crippen molar-refractivity contribution in [2.45, 2.75) is 36.1 Å². The van der Waals surface area contributed by atoms with Gasteiger partial charge in [-0.15, -0.1) is 0 Å². The summed E-state index contributed by atoms with van der Waals surface area (Å²) in [7, 11) is 0. The summed E-state index contributed by atoms with van der Waals surface area (Å²) in [6.07, 6.45) is -5.52. The third-order valence-corrected chi connectivity index (χ3v) is 2.81. The lowest BCUT2D eigenvalue weighted by molar-refractivity contribution is -0.207. The van der Waals surface area contributed by atoms with Crippen molar-refractivity contribution in [2.75, 3.05) is 6.61 Å². The van der Waals surface area contributed by atoms with Gasteiger partial charge in [0.25, 0.3) is 0 Å². The minimum absolute atomic E-state index is 0.628. The summed E-state index contributed by atoms with van der Waals surface area (Å²) in [4.78, 5) is 0. The van der Waals surface area contributed by atoms with Crippen LogP contribution in [0.3, 0.4) is 0 Å². The van der Waals surface area contributed by atoms with Gasteiger partial charge in [-0.05, 0) is 0 Å². The van der Waals surface area contributed by atoms with Crippen molar-refractivity contribution < 1.29 is 30.3 Å². The summed E-state index contributed by atoms with van der Waals surface area (Å²) in [5.74, 6) is 0. The standard InChI is InChI=1S/C7H12O6/c8-1-7(12)5(10)2(9)3-4(13-3)6(7)11/h2-6,8-12H,1H2. The first-order chi connectivity index (χ1) is 6.02. The molecule has 76 valence electrons. The largest absolute Gasteiger partial charge is 0.393 e. The second-order valence-electron chi connectivity index (χ2n) is 3.59. The van der Waals surface area contributed by atoms with Crippen LogP contribution in [0.5, 0.6) is 0 Å². The molecule has 2 fully saturated rings. The first-order valence-electron chi connectivity index (χ1n) is 4.05. The van der Waals surface area contributed by atoms with Crippen LogP contribution in [0.2, 0.25) is 0 Å². The molecular weight excluding hydrogens is 180 g/mol. The lowest BCUT2D eigenvalue weighted by atomic mass is 9.78. The summed E-state index contributed by atoms with van der Waals surface area (Å²) >= 11 is 0. The van der Waals surface area contributed by atoms with Gasteiger partial charge in [0.15, 0.2) is 0 Å². The average Bonchev–Trinajstić information content (AvgIpc) is 2.91. The third kappa shape index (κ3) is 1.04. The summed E-state index contributed by atoms with van der Waals surface area (Å²) in [6.45, 7) is -0.820. The average molecular weight is 192 g/mol. The highest BCUT2D eigenvalue weighted by Gasteiger charge is 2.66. The zero-order valence-corrected chi connectivity index (χ0v) is 6.74. The molecule has 5 N–H and O–H groups in total. The predicted octanol–water partition coefficient (Wildman–Crippen LogP) is -3.43. The molecule has 6 heteroatoms. The highest BCUT2D eigenvalue weighted by molar-refractivity contribution is 5.15. The fourth-order valence-corrected chi connectivity index (χ4v) is 1.79. The van der Waals surface area contributed by atoms with Crippen LogP contribution >= 0.6 is 0 Å². The maximum Gasteiger partial charge on any atom is 0.144 e. The van der Waals surface area contributed by atoms with Crippen LogP contribution in [0.4, 0.5) is 0 Å². The monoisotopic (exact) mass is 192 g/mol. The smallest absolute Gasteiger partial charge is 0.144 e. The van der Waals surface area contributed by atoms with E-state index in [1.807, 2.05) is 0 Å². The van der Waals surface area contributed by atoms with E-state index < -0.39 is 42.7 Å². The minimum atomic E-state index is -2.09. The Morgan fingerprint density at radius 3 is 2.23 bits per heavy atom. The molecule has 0 aromatic heterocycles. The summed E-state index contributed by atoms with van der Waals surface area (Å²) in [5, 5.41) is 46.5. The van der Waals surface area contributed by atoms with Crippen molar-refractivity contribution in [1.29, 1.82) is 0 Å². The van der Waals surface area contributed by atoms with E-state index in [1.54, 1.807) is 0 Å². The number of hydrogen-bond donors (Lipinski definition) is 5. The lowest BCUT2D eigenvalue weighted by Crippen LogP contribution is -2.65. The molecule has 1 aliphatic heterocycles. The Morgan fingerprint density at radius 2 is 1.69 bits per heavy atom. The number of ether oxygens (including phenoxy) is 1. The van der Waals surface area contributed by atoms with Crippen LogP contribution in [-0.4, -0.2) is 68.3 Å². The molecule has 2 aliphatic rings. The topological polar surface area (TPSA) is 114 Å². The molecule has 6 unspecified atom stereocenters. The molecule has 0 radical (unpaired) electrons. The molecule has 1 heterocycles. The Morgan fingerprint density at radius 1 is 1.08 bits per heavy atom. The van der Waals surface area contributed by atoms with Crippen LogP contribution in [0.15, 0.2) is 0 Å². The zero-order chi connectivity index (χ0) is 9.80. The van der Waals surface area contributed by atoms with Crippen LogP contribution in [-0.2, 0) is 4.74 Å². The van der Waals surface area contributed by atoms with Gasteiger partial charge in [0, 0.05) is 0 Å². The first kappa shape index (κ1) is 9.32. The Balaban J connectivity index is 2.25. The second kappa shape index (κ2) is 2.63. The van der Waals surface area contributed by atoms with E-state index in [-0.39, 0.29) is 0 Å². The summed E-state index contributed by atoms with van der Waals surface area (Å²) < 4.78 is 4.84. The fourth-order valence-electron chi connectivity index (χ4n) is 1.79. The molecule has 0 aromatic rings. The molecule has 0 amide bonds. The predicted molar refractivity (Wildman–Crippen MR) is 38.7 cm³/mol. The number of fused-ring (bicyclic) bond motifs is 1. The van der Waals surface area contributed by atoms with Gasteiger partial charge in [0.2, 0.25) is 0 Å². The molecule has 6 atom stereocenters. The van der Waals surface area contributed by atoms with E-state index in [1.165, 1.54) is 0 Å². The normalized spacial score (nSPS) is 60.2. The van der Waals surface area contributed by atoms with Crippen LogP contribution in [0, 0.1) is 0 Å². The Kier molecular flexibility index (Phi) is 1.88. The minimum Gasteiger partial charge on any atom is -0.393 e. The zero-order valence-electron chi connectivity index (χ0n) is 6.74. The van der Waals surface area contributed by atoms with E-state index in [0.29, 0.717) is 0 Å². The van der Waals surface area contributed by atoms with Crippen molar-refractivity contribution in [1.82, 2.24) is 0 Å². The van der Waals surface area contributed by atoms with Crippen LogP contribution in [0.25, 0.3) is 0 Å². The molecule has 1 saturated heterocycles. The van der Waals surface area contributed by atoms with E-state index in [2.05, 4.69) is 0 Å². The molecule has 6 nitrogen and oxygen atoms in total. The van der Waals surface area contributed by atoms with Crippen LogP contribution < -0.4 is 0 Å². The van der Waals surface area contributed by atoms with Gasteiger partial charge in [0.05, 0.1) is 6.61 Å². The number of epoxide rings is 1. The number of aliphatic hydroxyl groups excluding tert-OH is 4. The van der Waals surface area contributed by atoms with Gasteiger partial charge < -0.3 is 30.3 Å².